The van der Waals surface area contributed by atoms with Crippen molar-refractivity contribution in [2.45, 2.75) is 72.8 Å². The van der Waals surface area contributed by atoms with Crippen LogP contribution in [0.2, 0.25) is 0 Å². The van der Waals surface area contributed by atoms with E-state index in [9.17, 15) is 39.8 Å². The van der Waals surface area contributed by atoms with Crippen molar-refractivity contribution in [3.05, 3.63) is 49.4 Å². The summed E-state index contributed by atoms with van der Waals surface area (Å²) in [5, 5.41) is 62.3. The van der Waals surface area contributed by atoms with Gasteiger partial charge in [-0.05, 0) is 80.2 Å². The topological polar surface area (TPSA) is 200 Å². The zero-order valence-electron chi connectivity index (χ0n) is 22.4. The molecule has 1 aromatic carbocycles. The molecule has 9 N–H and O–H groups in total. The summed E-state index contributed by atoms with van der Waals surface area (Å²) in [6, 6.07) is 3.62. The smallest absolute Gasteiger partial charge is 0.370 e. The van der Waals surface area contributed by atoms with Gasteiger partial charge in [0.25, 0.3) is 5.72 Å². The molecule has 1 aromatic heterocycles. The van der Waals surface area contributed by atoms with E-state index in [1.54, 1.807) is 17.1 Å². The van der Waals surface area contributed by atoms with Crippen LogP contribution in [0.3, 0.4) is 0 Å². The van der Waals surface area contributed by atoms with Crippen molar-refractivity contribution >= 4 is 37.3 Å². The second-order valence-corrected chi connectivity index (χ2v) is 11.1. The Morgan fingerprint density at radius 3 is 2.25 bits per heavy atom. The number of anilines is 2. The standard InChI is InChI=1S/C23H29BFN5O7S.CH3.Cs/c1-20(4-5-20)29-18(31)8-12-6-13(7-12)14-10-26-19(27-11-14)28-17-3-2-15(9-16(17)25)38-30-21(32,22(24,33)34)23(35,36)37;;/h2-3,9-13,30,32-37H,4-8H2,1H3,(H,29,31)(H,26,27,28);1H3;/q;-1;+1. The van der Waals surface area contributed by atoms with Gasteiger partial charge in [-0.3, -0.25) is 4.79 Å². The molecule has 0 bridgehead atoms. The first-order valence-corrected chi connectivity index (χ1v) is 12.7. The molecule has 2 saturated carbocycles. The maximum atomic E-state index is 14.6. The Balaban J connectivity index is 0.00000280. The van der Waals surface area contributed by atoms with E-state index in [1.807, 2.05) is 0 Å². The molecule has 2 fully saturated rings. The minimum atomic E-state index is -4.06. The van der Waals surface area contributed by atoms with Crippen molar-refractivity contribution in [2.24, 2.45) is 5.92 Å². The molecule has 1 atom stereocenters. The van der Waals surface area contributed by atoms with Crippen molar-refractivity contribution in [1.29, 1.82) is 0 Å². The van der Waals surface area contributed by atoms with Crippen LogP contribution in [-0.4, -0.2) is 77.3 Å². The van der Waals surface area contributed by atoms with Gasteiger partial charge in [0.05, 0.1) is 5.69 Å². The number of carbonyl (C=O) groups is 1. The molecule has 4 rings (SSSR count). The largest absolute Gasteiger partial charge is 1.00 e. The Morgan fingerprint density at radius 2 is 1.75 bits per heavy atom. The monoisotopic (exact) mass is 697 g/mol. The number of carbonyl (C=O) groups excluding carboxylic acids is 1. The van der Waals surface area contributed by atoms with Crippen LogP contribution in [0.1, 0.15) is 50.5 Å². The molecule has 40 heavy (non-hydrogen) atoms. The van der Waals surface area contributed by atoms with E-state index in [-0.39, 0.29) is 110 Å². The zero-order valence-corrected chi connectivity index (χ0v) is 29.5. The van der Waals surface area contributed by atoms with E-state index in [0.717, 1.165) is 37.3 Å². The molecule has 1 heterocycles. The third-order valence-electron chi connectivity index (χ3n) is 6.82. The van der Waals surface area contributed by atoms with Crippen LogP contribution in [0.25, 0.3) is 0 Å². The van der Waals surface area contributed by atoms with Crippen LogP contribution in [0.15, 0.2) is 35.5 Å². The minimum Gasteiger partial charge on any atom is -0.370 e. The fourth-order valence-corrected chi connectivity index (χ4v) is 4.91. The van der Waals surface area contributed by atoms with E-state index >= 15 is 0 Å². The molecule has 1 amide bonds. The molecular formula is C24H32BCsFN5O7S. The first kappa shape index (κ1) is 35.9. The second-order valence-electron chi connectivity index (χ2n) is 10.2. The second kappa shape index (κ2) is 13.5. The van der Waals surface area contributed by atoms with E-state index in [4.69, 9.17) is 7.85 Å². The molecule has 212 valence electrons. The predicted molar refractivity (Wildman–Crippen MR) is 140 cm³/mol. The van der Waals surface area contributed by atoms with E-state index in [1.165, 1.54) is 12.1 Å². The number of hydrogen-bond donors (Lipinski definition) is 9. The SMILES string of the molecule is [B]C(O)(O)C(O)(NSc1ccc(Nc2ncc(C3CC(CC(=O)NC4(C)CC4)C3)cn2)c(F)c1)C(O)(O)O.[CH3-].[Cs+]. The molecule has 1 unspecified atom stereocenters. The van der Waals surface area contributed by atoms with Gasteiger partial charge in [-0.25, -0.2) is 19.1 Å². The number of nitrogens with zero attached hydrogens (tertiary/aromatic N) is 2. The fourth-order valence-electron chi connectivity index (χ4n) is 4.05. The average molecular weight is 697 g/mol. The first-order chi connectivity index (χ1) is 17.6. The van der Waals surface area contributed by atoms with Gasteiger partial charge >= 0.3 is 74.9 Å². The molecule has 2 aromatic rings. The van der Waals surface area contributed by atoms with E-state index < -0.39 is 23.2 Å². The van der Waals surface area contributed by atoms with Gasteiger partial charge in [0.15, 0.2) is 13.5 Å². The summed E-state index contributed by atoms with van der Waals surface area (Å²) in [7, 11) is 4.88. The predicted octanol–water partition coefficient (Wildman–Crippen LogP) is -2.91. The summed E-state index contributed by atoms with van der Waals surface area (Å²) < 4.78 is 16.4. The summed E-state index contributed by atoms with van der Waals surface area (Å²) >= 11 is 0.330. The number of amides is 1. The minimum absolute atomic E-state index is 0. The Hall–Kier alpha value is -0.313. The average Bonchev–Trinajstić information content (AvgIpc) is 3.51. The molecule has 2 aliphatic rings. The Kier molecular flexibility index (Phi) is 12.2. The summed E-state index contributed by atoms with van der Waals surface area (Å²) in [4.78, 5) is 20.6. The number of nitrogens with one attached hydrogen (secondary N) is 3. The maximum absolute atomic E-state index is 14.6. The summed E-state index contributed by atoms with van der Waals surface area (Å²) in [5.41, 5.74) is -6.39. The van der Waals surface area contributed by atoms with Gasteiger partial charge in [0.1, 0.15) is 5.82 Å². The number of hydrogen-bond acceptors (Lipinski definition) is 12. The summed E-state index contributed by atoms with van der Waals surface area (Å²) in [6.07, 6.45) is 7.64. The van der Waals surface area contributed by atoms with Crippen molar-refractivity contribution in [3.63, 3.8) is 0 Å². The third kappa shape index (κ3) is 8.63. The fraction of sp³-hybridized carbons (Fsp3) is 0.500. The number of rotatable bonds is 11. The van der Waals surface area contributed by atoms with E-state index in [0.29, 0.717) is 24.3 Å². The third-order valence-corrected chi connectivity index (χ3v) is 7.70. The molecule has 0 saturated heterocycles. The zero-order chi connectivity index (χ0) is 27.9. The van der Waals surface area contributed by atoms with Crippen molar-refractivity contribution in [2.75, 3.05) is 5.32 Å². The number of halogens is 1. The Labute approximate surface area is 295 Å². The molecule has 0 spiro atoms. The van der Waals surface area contributed by atoms with Crippen LogP contribution in [0, 0.1) is 19.2 Å². The Morgan fingerprint density at radius 1 is 1.15 bits per heavy atom. The number of aliphatic hydroxyl groups is 6. The van der Waals surface area contributed by atoms with Gasteiger partial charge in [-0.1, -0.05) is 0 Å². The van der Waals surface area contributed by atoms with Crippen LogP contribution >= 0.6 is 11.9 Å². The van der Waals surface area contributed by atoms with Crippen LogP contribution in [0.5, 0.6) is 0 Å². The van der Waals surface area contributed by atoms with E-state index in [2.05, 4.69) is 27.5 Å². The quantitative estimate of drug-likeness (QED) is 0.0503. The maximum Gasteiger partial charge on any atom is 1.00 e. The van der Waals surface area contributed by atoms with Crippen LogP contribution in [-0.2, 0) is 4.79 Å². The molecule has 16 heteroatoms. The van der Waals surface area contributed by atoms with Gasteiger partial charge in [0.2, 0.25) is 11.9 Å². The van der Waals surface area contributed by atoms with Gasteiger partial charge in [-0.2, -0.15) is 0 Å². The summed E-state index contributed by atoms with van der Waals surface area (Å²) in [6.45, 7) is 2.05. The number of aromatic nitrogens is 2. The molecule has 2 aliphatic carbocycles. The molecule has 0 aliphatic heterocycles. The van der Waals surface area contributed by atoms with Crippen LogP contribution < -0.4 is 84.2 Å². The van der Waals surface area contributed by atoms with Crippen molar-refractivity contribution < 1.29 is 109 Å². The molecule has 12 nitrogen and oxygen atoms in total. The molecule has 2 radical (unpaired) electrons. The van der Waals surface area contributed by atoms with Gasteiger partial charge in [-0.15, -0.1) is 0 Å². The Bertz CT molecular complexity index is 1160. The van der Waals surface area contributed by atoms with Crippen LogP contribution in [0.4, 0.5) is 16.0 Å². The van der Waals surface area contributed by atoms with Crippen molar-refractivity contribution in [3.8, 4) is 0 Å². The van der Waals surface area contributed by atoms with Crippen molar-refractivity contribution in [1.82, 2.24) is 20.0 Å². The van der Waals surface area contributed by atoms with Gasteiger partial charge < -0.3 is 48.7 Å². The first-order valence-electron chi connectivity index (χ1n) is 11.9. The van der Waals surface area contributed by atoms with Gasteiger partial charge in [0, 0.05) is 29.2 Å². The number of benzene rings is 1. The molecular weight excluding hydrogens is 665 g/mol. The normalized spacial score (nSPS) is 21.1. The summed E-state index contributed by atoms with van der Waals surface area (Å²) in [5.74, 6) is -4.00.